The van der Waals surface area contributed by atoms with Gasteiger partial charge in [-0.1, -0.05) is 91.8 Å². The molecule has 0 heteroatoms. The molecule has 0 aliphatic rings. The standard InChI is InChI=1S/C24H34/c1-15(2)19-10-12-22(23(13-19)18(7)8)24-14-20(16(3)4)9-11-21(24)17(5)6/h9-18H,1-8H3. The van der Waals surface area contributed by atoms with Crippen LogP contribution in [0.4, 0.5) is 0 Å². The summed E-state index contributed by atoms with van der Waals surface area (Å²) in [5.41, 5.74) is 8.64. The first-order valence-electron chi connectivity index (χ1n) is 9.50. The van der Waals surface area contributed by atoms with Crippen molar-refractivity contribution in [3.8, 4) is 11.1 Å². The molecule has 0 amide bonds. The van der Waals surface area contributed by atoms with Crippen molar-refractivity contribution in [1.29, 1.82) is 0 Å². The molecule has 0 aliphatic carbocycles. The number of benzene rings is 2. The van der Waals surface area contributed by atoms with E-state index in [0.29, 0.717) is 23.7 Å². The van der Waals surface area contributed by atoms with Gasteiger partial charge in [0.1, 0.15) is 0 Å². The number of hydrogen-bond donors (Lipinski definition) is 0. The van der Waals surface area contributed by atoms with Gasteiger partial charge in [0.15, 0.2) is 0 Å². The maximum Gasteiger partial charge on any atom is -0.0144 e. The molecule has 24 heavy (non-hydrogen) atoms. The molecule has 0 unspecified atom stereocenters. The van der Waals surface area contributed by atoms with E-state index in [9.17, 15) is 0 Å². The average Bonchev–Trinajstić information content (AvgIpc) is 2.53. The predicted molar refractivity (Wildman–Crippen MR) is 108 cm³/mol. The third-order valence-electron chi connectivity index (χ3n) is 5.02. The first-order chi connectivity index (χ1) is 11.2. The maximum atomic E-state index is 2.43. The lowest BCUT2D eigenvalue weighted by atomic mass is 9.83. The molecule has 0 radical (unpaired) electrons. The van der Waals surface area contributed by atoms with Crippen molar-refractivity contribution in [3.05, 3.63) is 58.7 Å². The van der Waals surface area contributed by atoms with Crippen LogP contribution in [0.5, 0.6) is 0 Å². The van der Waals surface area contributed by atoms with E-state index in [1.54, 1.807) is 0 Å². The fourth-order valence-corrected chi connectivity index (χ4v) is 3.33. The van der Waals surface area contributed by atoms with E-state index in [4.69, 9.17) is 0 Å². The van der Waals surface area contributed by atoms with Gasteiger partial charge in [-0.05, 0) is 57.1 Å². The van der Waals surface area contributed by atoms with Crippen molar-refractivity contribution in [1.82, 2.24) is 0 Å². The molecule has 0 nitrogen and oxygen atoms in total. The molecule has 0 N–H and O–H groups in total. The summed E-state index contributed by atoms with van der Waals surface area (Å²) in [6.45, 7) is 18.3. The molecule has 0 spiro atoms. The van der Waals surface area contributed by atoms with Crippen molar-refractivity contribution >= 4 is 0 Å². The Hall–Kier alpha value is -1.56. The minimum atomic E-state index is 0.529. The quantitative estimate of drug-likeness (QED) is 0.525. The van der Waals surface area contributed by atoms with Gasteiger partial charge in [-0.2, -0.15) is 0 Å². The van der Waals surface area contributed by atoms with Crippen LogP contribution in [0.3, 0.4) is 0 Å². The Morgan fingerprint density at radius 2 is 0.958 bits per heavy atom. The molecule has 0 saturated carbocycles. The zero-order valence-corrected chi connectivity index (χ0v) is 16.8. The summed E-state index contributed by atoms with van der Waals surface area (Å²) in [4.78, 5) is 0. The number of rotatable bonds is 5. The maximum absolute atomic E-state index is 2.43. The van der Waals surface area contributed by atoms with E-state index in [2.05, 4.69) is 91.8 Å². The van der Waals surface area contributed by atoms with Gasteiger partial charge < -0.3 is 0 Å². The fourth-order valence-electron chi connectivity index (χ4n) is 3.33. The van der Waals surface area contributed by atoms with Crippen molar-refractivity contribution in [2.24, 2.45) is 0 Å². The van der Waals surface area contributed by atoms with E-state index in [-0.39, 0.29) is 0 Å². The molecule has 130 valence electrons. The second-order valence-corrected chi connectivity index (χ2v) is 8.31. The monoisotopic (exact) mass is 322 g/mol. The van der Waals surface area contributed by atoms with Crippen LogP contribution in [-0.2, 0) is 0 Å². The van der Waals surface area contributed by atoms with Gasteiger partial charge >= 0.3 is 0 Å². The minimum Gasteiger partial charge on any atom is -0.0587 e. The molecule has 0 fully saturated rings. The van der Waals surface area contributed by atoms with Crippen LogP contribution < -0.4 is 0 Å². The van der Waals surface area contributed by atoms with Crippen molar-refractivity contribution < 1.29 is 0 Å². The molecule has 0 bridgehead atoms. The summed E-state index contributed by atoms with van der Waals surface area (Å²) in [6, 6.07) is 14.2. The summed E-state index contributed by atoms with van der Waals surface area (Å²) >= 11 is 0. The van der Waals surface area contributed by atoms with E-state index in [1.807, 2.05) is 0 Å². The highest BCUT2D eigenvalue weighted by Gasteiger charge is 2.16. The minimum absolute atomic E-state index is 0.529. The fraction of sp³-hybridized carbons (Fsp3) is 0.500. The van der Waals surface area contributed by atoms with Crippen LogP contribution in [0, 0.1) is 0 Å². The van der Waals surface area contributed by atoms with Gasteiger partial charge in [-0.3, -0.25) is 0 Å². The average molecular weight is 323 g/mol. The highest BCUT2D eigenvalue weighted by atomic mass is 14.2. The van der Waals surface area contributed by atoms with Gasteiger partial charge in [-0.15, -0.1) is 0 Å². The zero-order chi connectivity index (χ0) is 18.0. The highest BCUT2D eigenvalue weighted by Crippen LogP contribution is 2.37. The molecule has 2 rings (SSSR count). The third kappa shape index (κ3) is 3.91. The number of hydrogen-bond acceptors (Lipinski definition) is 0. The van der Waals surface area contributed by atoms with Crippen LogP contribution in [0.1, 0.15) is 101 Å². The highest BCUT2D eigenvalue weighted by molar-refractivity contribution is 5.73. The van der Waals surface area contributed by atoms with E-state index in [0.717, 1.165) is 0 Å². The second-order valence-electron chi connectivity index (χ2n) is 8.31. The van der Waals surface area contributed by atoms with Crippen LogP contribution in [-0.4, -0.2) is 0 Å². The van der Waals surface area contributed by atoms with Gasteiger partial charge in [0, 0.05) is 0 Å². The second kappa shape index (κ2) is 7.55. The van der Waals surface area contributed by atoms with E-state index >= 15 is 0 Å². The summed E-state index contributed by atoms with van der Waals surface area (Å²) in [6.07, 6.45) is 0. The Morgan fingerprint density at radius 3 is 1.46 bits per heavy atom. The molecule has 0 heterocycles. The van der Waals surface area contributed by atoms with Crippen LogP contribution in [0.2, 0.25) is 0 Å². The topological polar surface area (TPSA) is 0 Å². The lowest BCUT2D eigenvalue weighted by Crippen LogP contribution is -2.01. The Balaban J connectivity index is 2.72. The summed E-state index contributed by atoms with van der Waals surface area (Å²) in [5.74, 6) is 2.19. The molecule has 0 aliphatic heterocycles. The molecule has 0 aromatic heterocycles. The van der Waals surface area contributed by atoms with Gasteiger partial charge in [0.05, 0.1) is 0 Å². The SMILES string of the molecule is CC(C)c1ccc(C(C)C)c(-c2ccc(C(C)C)cc2C(C)C)c1. The molecule has 0 atom stereocenters. The smallest absolute Gasteiger partial charge is 0.0144 e. The lowest BCUT2D eigenvalue weighted by molar-refractivity contribution is 0.830. The summed E-state index contributed by atoms with van der Waals surface area (Å²) in [7, 11) is 0. The molecule has 2 aromatic carbocycles. The Kier molecular flexibility index (Phi) is 5.91. The first-order valence-corrected chi connectivity index (χ1v) is 9.50. The summed E-state index contributed by atoms with van der Waals surface area (Å²) in [5, 5.41) is 0. The van der Waals surface area contributed by atoms with Gasteiger partial charge in [0.25, 0.3) is 0 Å². The Bertz CT molecular complexity index is 687. The van der Waals surface area contributed by atoms with Crippen LogP contribution in [0.15, 0.2) is 36.4 Å². The third-order valence-corrected chi connectivity index (χ3v) is 5.02. The normalized spacial score (nSPS) is 12.0. The Morgan fingerprint density at radius 1 is 0.458 bits per heavy atom. The lowest BCUT2D eigenvalue weighted by Gasteiger charge is -2.21. The van der Waals surface area contributed by atoms with Gasteiger partial charge in [0.2, 0.25) is 0 Å². The van der Waals surface area contributed by atoms with E-state index < -0.39 is 0 Å². The summed E-state index contributed by atoms with van der Waals surface area (Å²) < 4.78 is 0. The largest absolute Gasteiger partial charge is 0.0587 e. The Labute approximate surface area is 149 Å². The molecular weight excluding hydrogens is 288 g/mol. The predicted octanol–water partition coefficient (Wildman–Crippen LogP) is 7.85. The zero-order valence-electron chi connectivity index (χ0n) is 16.8. The molecular formula is C24H34. The van der Waals surface area contributed by atoms with E-state index in [1.165, 1.54) is 33.4 Å². The van der Waals surface area contributed by atoms with Crippen molar-refractivity contribution in [3.63, 3.8) is 0 Å². The van der Waals surface area contributed by atoms with Crippen LogP contribution in [0.25, 0.3) is 11.1 Å². The molecule has 2 aromatic rings. The van der Waals surface area contributed by atoms with Crippen molar-refractivity contribution in [2.45, 2.75) is 79.1 Å². The van der Waals surface area contributed by atoms with Crippen molar-refractivity contribution in [2.75, 3.05) is 0 Å². The molecule has 0 saturated heterocycles. The van der Waals surface area contributed by atoms with Crippen LogP contribution >= 0.6 is 0 Å². The first kappa shape index (κ1) is 18.8. The van der Waals surface area contributed by atoms with Gasteiger partial charge in [-0.25, -0.2) is 0 Å².